The Morgan fingerprint density at radius 3 is 1.78 bits per heavy atom. The molecule has 27 heavy (non-hydrogen) atoms. The third-order valence-electron chi connectivity index (χ3n) is 4.43. The monoisotopic (exact) mass is 412 g/mol. The Balaban J connectivity index is -0.00000312. The molecule has 0 aliphatic carbocycles. The van der Waals surface area contributed by atoms with Crippen molar-refractivity contribution in [3.8, 4) is 0 Å². The van der Waals surface area contributed by atoms with Crippen molar-refractivity contribution in [1.82, 2.24) is 0 Å². The molecule has 0 fully saturated rings. The summed E-state index contributed by atoms with van der Waals surface area (Å²) in [5.74, 6) is -0.628. The summed E-state index contributed by atoms with van der Waals surface area (Å²) in [5, 5.41) is -0.680. The molecule has 0 unspecified atom stereocenters. The molecule has 0 atom stereocenters. The van der Waals surface area contributed by atoms with E-state index in [4.69, 9.17) is 0 Å². The largest absolute Gasteiger partial charge is 1.00 e. The second-order valence-electron chi connectivity index (χ2n) is 7.33. The minimum absolute atomic E-state index is 0. The fourth-order valence-corrected chi connectivity index (χ4v) is 3.14. The summed E-state index contributed by atoms with van der Waals surface area (Å²) in [6.07, 6.45) is 20.3. The van der Waals surface area contributed by atoms with Gasteiger partial charge in [-0.2, -0.15) is 8.42 Å². The molecule has 6 heteroatoms. The number of carbonyl (C=O) groups excluding carboxylic acids is 1. The maximum absolute atomic E-state index is 11.5. The number of unbranched alkanes of at least 4 members (excludes halogenated alkanes) is 11. The van der Waals surface area contributed by atoms with Crippen LogP contribution in [0.2, 0.25) is 0 Å². The summed E-state index contributed by atoms with van der Waals surface area (Å²) in [4.78, 5) is 11.5. The first-order valence-electron chi connectivity index (χ1n) is 10.5. The van der Waals surface area contributed by atoms with Crippen molar-refractivity contribution in [2.24, 2.45) is 0 Å². The van der Waals surface area contributed by atoms with Gasteiger partial charge in [0.15, 0.2) is 0 Å². The first kappa shape index (κ1) is 29.4. The van der Waals surface area contributed by atoms with Crippen molar-refractivity contribution < 1.29 is 48.4 Å². The summed E-state index contributed by atoms with van der Waals surface area (Å²) in [6.45, 7) is 5.26. The van der Waals surface area contributed by atoms with Crippen molar-refractivity contribution in [2.45, 2.75) is 116 Å². The second-order valence-corrected chi connectivity index (χ2v) is 9.43. The Morgan fingerprint density at radius 1 is 0.852 bits per heavy atom. The second kappa shape index (κ2) is 19.5. The molecule has 0 aliphatic heterocycles. The minimum Gasteiger partial charge on any atom is -1.00 e. The fraction of sp³-hybridized carbons (Fsp3) is 0.857. The van der Waals surface area contributed by atoms with Crippen LogP contribution in [-0.4, -0.2) is 19.6 Å². The van der Waals surface area contributed by atoms with Gasteiger partial charge in [0.1, 0.15) is 0 Å². The summed E-state index contributed by atoms with van der Waals surface area (Å²) >= 11 is 0. The van der Waals surface area contributed by atoms with E-state index in [0.717, 1.165) is 25.7 Å². The summed E-state index contributed by atoms with van der Waals surface area (Å²) < 4.78 is 27.4. The fourth-order valence-electron chi connectivity index (χ4n) is 2.61. The molecular weight excluding hydrogens is 371 g/mol. The molecule has 0 aromatic heterocycles. The summed E-state index contributed by atoms with van der Waals surface area (Å²) in [7, 11) is -3.73. The molecule has 156 valence electrons. The Hall–Kier alpha value is 0.160. The van der Waals surface area contributed by atoms with E-state index in [2.05, 4.69) is 23.3 Å². The van der Waals surface area contributed by atoms with E-state index in [9.17, 15) is 13.2 Å². The Kier molecular flexibility index (Phi) is 21.2. The first-order valence-corrected chi connectivity index (χ1v) is 12.0. The van der Waals surface area contributed by atoms with Gasteiger partial charge < -0.3 is 5.61 Å². The molecular formula is C21H41NaO4S. The van der Waals surface area contributed by atoms with Gasteiger partial charge in [-0.15, -0.1) is 0 Å². The van der Waals surface area contributed by atoms with Crippen LogP contribution < -0.4 is 29.6 Å². The standard InChI is InChI=1S/C21H40O4S.Na.H/c1-4-5-6-7-8-9-10-11-12-13-14-15-16-17-18-19-21(22)25-26(23,24)20(2)3;;/h11-12,20H,4-10,13-19H2,1-3H3;;/q;+1;-1/b12-11-;;. The van der Waals surface area contributed by atoms with Crippen molar-refractivity contribution in [3.05, 3.63) is 12.2 Å². The number of hydrogen-bond acceptors (Lipinski definition) is 4. The van der Waals surface area contributed by atoms with Crippen molar-refractivity contribution >= 4 is 16.1 Å². The molecule has 0 saturated carbocycles. The topological polar surface area (TPSA) is 60.4 Å². The van der Waals surface area contributed by atoms with Gasteiger partial charge in [-0.1, -0.05) is 70.4 Å². The maximum atomic E-state index is 11.5. The zero-order chi connectivity index (χ0) is 19.7. The van der Waals surface area contributed by atoms with E-state index < -0.39 is 21.3 Å². The van der Waals surface area contributed by atoms with Crippen LogP contribution in [0.3, 0.4) is 0 Å². The third kappa shape index (κ3) is 19.3. The van der Waals surface area contributed by atoms with Crippen LogP contribution in [0, 0.1) is 0 Å². The van der Waals surface area contributed by atoms with Crippen LogP contribution in [0.5, 0.6) is 0 Å². The molecule has 0 rings (SSSR count). The van der Waals surface area contributed by atoms with Crippen LogP contribution in [-0.2, 0) is 19.1 Å². The average Bonchev–Trinajstić information content (AvgIpc) is 2.57. The van der Waals surface area contributed by atoms with Gasteiger partial charge in [-0.25, -0.2) is 0 Å². The molecule has 0 radical (unpaired) electrons. The molecule has 0 heterocycles. The first-order chi connectivity index (χ1) is 12.4. The maximum Gasteiger partial charge on any atom is 1.00 e. The molecule has 0 aromatic carbocycles. The zero-order valence-electron chi connectivity index (χ0n) is 19.2. The summed E-state index contributed by atoms with van der Waals surface area (Å²) in [5.41, 5.74) is 0. The van der Waals surface area contributed by atoms with Crippen LogP contribution >= 0.6 is 0 Å². The van der Waals surface area contributed by atoms with E-state index in [1.165, 1.54) is 65.2 Å². The van der Waals surface area contributed by atoms with Crippen molar-refractivity contribution in [1.29, 1.82) is 0 Å². The van der Waals surface area contributed by atoms with Crippen molar-refractivity contribution in [2.75, 3.05) is 0 Å². The van der Waals surface area contributed by atoms with Crippen LogP contribution in [0.1, 0.15) is 112 Å². The van der Waals surface area contributed by atoms with E-state index in [1.54, 1.807) is 0 Å². The van der Waals surface area contributed by atoms with Gasteiger partial charge in [0.25, 0.3) is 0 Å². The number of rotatable bonds is 17. The SMILES string of the molecule is CCCCCCCC/C=C\CCCCCCCC(=O)OS(=O)(=O)C(C)C.[H-].[Na+]. The van der Waals surface area contributed by atoms with Crippen LogP contribution in [0.15, 0.2) is 12.2 Å². The molecule has 4 nitrogen and oxygen atoms in total. The number of hydrogen-bond donors (Lipinski definition) is 0. The van der Waals surface area contributed by atoms with Gasteiger partial charge in [0, 0.05) is 6.42 Å². The zero-order valence-corrected chi connectivity index (χ0v) is 21.0. The van der Waals surface area contributed by atoms with E-state index >= 15 is 0 Å². The van der Waals surface area contributed by atoms with E-state index in [-0.39, 0.29) is 37.4 Å². The van der Waals surface area contributed by atoms with E-state index in [0.29, 0.717) is 6.42 Å². The molecule has 0 N–H and O–H groups in total. The van der Waals surface area contributed by atoms with Gasteiger partial charge in [0.05, 0.1) is 5.25 Å². The molecule has 0 saturated heterocycles. The quantitative estimate of drug-likeness (QED) is 0.159. The molecule has 0 bridgehead atoms. The van der Waals surface area contributed by atoms with Gasteiger partial charge >= 0.3 is 45.6 Å². The predicted molar refractivity (Wildman–Crippen MR) is 111 cm³/mol. The molecule has 0 amide bonds. The molecule has 0 spiro atoms. The smallest absolute Gasteiger partial charge is 1.00 e. The Labute approximate surface area is 191 Å². The third-order valence-corrected chi connectivity index (χ3v) is 6.00. The normalized spacial score (nSPS) is 11.7. The molecule has 0 aromatic rings. The Morgan fingerprint density at radius 2 is 1.30 bits per heavy atom. The van der Waals surface area contributed by atoms with Gasteiger partial charge in [-0.05, 0) is 46.0 Å². The average molecular weight is 413 g/mol. The minimum atomic E-state index is -3.73. The summed E-state index contributed by atoms with van der Waals surface area (Å²) in [6, 6.07) is 0. The van der Waals surface area contributed by atoms with E-state index in [1.807, 2.05) is 0 Å². The van der Waals surface area contributed by atoms with Crippen LogP contribution in [0.4, 0.5) is 0 Å². The number of carbonyl (C=O) groups is 1. The van der Waals surface area contributed by atoms with Gasteiger partial charge in [0.2, 0.25) is 0 Å². The predicted octanol–water partition coefficient (Wildman–Crippen LogP) is 3.42. The number of allylic oxidation sites excluding steroid dienone is 2. The van der Waals surface area contributed by atoms with Crippen molar-refractivity contribution in [3.63, 3.8) is 0 Å². The van der Waals surface area contributed by atoms with Gasteiger partial charge in [-0.3, -0.25) is 4.79 Å². The Bertz CT molecular complexity index is 479. The van der Waals surface area contributed by atoms with Crippen LogP contribution in [0.25, 0.3) is 0 Å². The molecule has 0 aliphatic rings.